The van der Waals surface area contributed by atoms with E-state index in [2.05, 4.69) is 41.5 Å². The van der Waals surface area contributed by atoms with Crippen molar-refractivity contribution >= 4 is 34.8 Å². The van der Waals surface area contributed by atoms with Crippen LogP contribution in [0, 0.1) is 29.5 Å². The minimum atomic E-state index is -0.608. The highest BCUT2D eigenvalue weighted by atomic mass is 35.5. The Kier molecular flexibility index (Phi) is 11.3. The van der Waals surface area contributed by atoms with Crippen molar-refractivity contribution in [3.63, 3.8) is 0 Å². The van der Waals surface area contributed by atoms with Gasteiger partial charge in [-0.1, -0.05) is 23.6 Å². The maximum atomic E-state index is 13.2. The number of carbonyl (C=O) groups excluding carboxylic acids is 2. The van der Waals surface area contributed by atoms with E-state index in [9.17, 15) is 14.0 Å². The molecular weight excluding hydrogens is 663 g/mol. The Morgan fingerprint density at radius 3 is 1.98 bits per heavy atom. The van der Waals surface area contributed by atoms with Crippen LogP contribution in [-0.4, -0.2) is 36.7 Å². The van der Waals surface area contributed by atoms with Crippen molar-refractivity contribution in [3.05, 3.63) is 150 Å². The van der Waals surface area contributed by atoms with Gasteiger partial charge in [0.2, 0.25) is 0 Å². The molecular formula is C36H22ClFN8O4. The lowest BCUT2D eigenvalue weighted by Gasteiger charge is -2.10. The van der Waals surface area contributed by atoms with Crippen LogP contribution in [0.1, 0.15) is 32.0 Å². The van der Waals surface area contributed by atoms with E-state index in [1.54, 1.807) is 42.5 Å². The van der Waals surface area contributed by atoms with Crippen LogP contribution in [-0.2, 0) is 0 Å². The Balaban J connectivity index is 0.000000194. The van der Waals surface area contributed by atoms with Crippen molar-refractivity contribution in [2.24, 2.45) is 0 Å². The lowest BCUT2D eigenvalue weighted by Crippen LogP contribution is -2.14. The van der Waals surface area contributed by atoms with Gasteiger partial charge in [-0.2, -0.15) is 5.26 Å². The second kappa shape index (κ2) is 16.6. The first-order valence-corrected chi connectivity index (χ1v) is 14.7. The largest absolute Gasteiger partial charge is 0.454 e. The van der Waals surface area contributed by atoms with Crippen LogP contribution in [0.3, 0.4) is 0 Å². The van der Waals surface area contributed by atoms with Crippen LogP contribution in [0.5, 0.6) is 23.0 Å². The fourth-order valence-corrected chi connectivity index (χ4v) is 4.34. The monoisotopic (exact) mass is 684 g/mol. The molecule has 14 heteroatoms. The third kappa shape index (κ3) is 9.89. The molecule has 0 spiro atoms. The molecule has 0 fully saturated rings. The molecule has 3 heterocycles. The summed E-state index contributed by atoms with van der Waals surface area (Å²) in [5.74, 6) is 2.63. The van der Waals surface area contributed by atoms with Crippen molar-refractivity contribution in [2.45, 2.75) is 0 Å². The number of benzene rings is 3. The van der Waals surface area contributed by atoms with Gasteiger partial charge >= 0.3 is 0 Å². The molecule has 12 nitrogen and oxygen atoms in total. The van der Waals surface area contributed by atoms with Crippen LogP contribution in [0.15, 0.2) is 116 Å². The molecule has 0 atom stereocenters. The SMILES string of the molecule is C#Cc1cccc(C(=O)Nc2cc(Cl)cc(Oc3cncnc3)c2)c1.N#Cc1cc(NC(=O)c2cc(F)ccn2)cc(Oc2cncnc2)c1. The average Bonchev–Trinajstić information content (AvgIpc) is 3.12. The minimum Gasteiger partial charge on any atom is -0.454 e. The number of rotatable bonds is 8. The van der Waals surface area contributed by atoms with Crippen molar-refractivity contribution in [3.8, 4) is 41.4 Å². The van der Waals surface area contributed by atoms with Crippen molar-refractivity contribution in [2.75, 3.05) is 10.6 Å². The van der Waals surface area contributed by atoms with E-state index >= 15 is 0 Å². The van der Waals surface area contributed by atoms with E-state index in [0.717, 1.165) is 12.1 Å². The molecule has 244 valence electrons. The molecule has 6 rings (SSSR count). The summed E-state index contributed by atoms with van der Waals surface area (Å²) in [6.07, 6.45) is 15.3. The topological polar surface area (TPSA) is 165 Å². The third-order valence-electron chi connectivity index (χ3n) is 6.21. The van der Waals surface area contributed by atoms with Gasteiger partial charge in [0.25, 0.3) is 11.8 Å². The predicted octanol–water partition coefficient (Wildman–Crippen LogP) is 7.08. The molecule has 0 aliphatic carbocycles. The Morgan fingerprint density at radius 2 is 1.36 bits per heavy atom. The number of pyridine rings is 1. The number of anilines is 2. The van der Waals surface area contributed by atoms with Crippen LogP contribution in [0.2, 0.25) is 5.02 Å². The Morgan fingerprint density at radius 1 is 0.740 bits per heavy atom. The van der Waals surface area contributed by atoms with Gasteiger partial charge in [-0.25, -0.2) is 24.3 Å². The van der Waals surface area contributed by atoms with Crippen LogP contribution < -0.4 is 20.1 Å². The van der Waals surface area contributed by atoms with Crippen LogP contribution >= 0.6 is 11.6 Å². The molecule has 2 amide bonds. The molecule has 0 aliphatic heterocycles. The maximum Gasteiger partial charge on any atom is 0.274 e. The van der Waals surface area contributed by atoms with Gasteiger partial charge in [0.1, 0.15) is 35.7 Å². The molecule has 3 aromatic carbocycles. The number of ether oxygens (including phenoxy) is 2. The van der Waals surface area contributed by atoms with E-state index in [1.165, 1.54) is 61.8 Å². The molecule has 3 aromatic heterocycles. The van der Waals surface area contributed by atoms with Gasteiger partial charge in [-0.15, -0.1) is 6.42 Å². The number of hydrogen-bond donors (Lipinski definition) is 2. The predicted molar refractivity (Wildman–Crippen MR) is 181 cm³/mol. The quantitative estimate of drug-likeness (QED) is 0.158. The zero-order valence-electron chi connectivity index (χ0n) is 25.6. The Hall–Kier alpha value is -7.22. The molecule has 0 bridgehead atoms. The van der Waals surface area contributed by atoms with Crippen LogP contribution in [0.4, 0.5) is 15.8 Å². The van der Waals surface area contributed by atoms with Crippen molar-refractivity contribution in [1.82, 2.24) is 24.9 Å². The van der Waals surface area contributed by atoms with Gasteiger partial charge < -0.3 is 20.1 Å². The fourth-order valence-electron chi connectivity index (χ4n) is 4.11. The standard InChI is InChI=1S/C19H12ClN3O2.C17H10FN5O2/c1-2-13-4-3-5-14(6-13)19(24)23-16-7-15(20)8-17(9-16)25-18-10-21-12-22-11-18;18-12-1-2-22-16(5-12)17(24)23-13-3-11(7-19)4-14(6-13)25-15-8-20-10-21-9-15/h1,3-12H,(H,23,24);1-6,8-10H,(H,23,24). The minimum absolute atomic E-state index is 0.0821. The highest BCUT2D eigenvalue weighted by molar-refractivity contribution is 6.31. The number of nitrogens with zero attached hydrogens (tertiary/aromatic N) is 6. The highest BCUT2D eigenvalue weighted by Crippen LogP contribution is 2.29. The molecule has 2 N–H and O–H groups in total. The normalized spacial score (nSPS) is 9.92. The third-order valence-corrected chi connectivity index (χ3v) is 6.43. The van der Waals surface area contributed by atoms with Gasteiger partial charge in [0.15, 0.2) is 11.5 Å². The maximum absolute atomic E-state index is 13.2. The summed E-state index contributed by atoms with van der Waals surface area (Å²) in [7, 11) is 0. The number of halogens is 2. The number of nitriles is 1. The molecule has 0 saturated carbocycles. The van der Waals surface area contributed by atoms with E-state index in [-0.39, 0.29) is 17.2 Å². The molecule has 0 saturated heterocycles. The van der Waals surface area contributed by atoms with Crippen LogP contribution in [0.25, 0.3) is 0 Å². The second-order valence-corrected chi connectivity index (χ2v) is 10.3. The van der Waals surface area contributed by atoms with Gasteiger partial charge in [-0.3, -0.25) is 14.6 Å². The lowest BCUT2D eigenvalue weighted by molar-refractivity contribution is 0.101. The summed E-state index contributed by atoms with van der Waals surface area (Å²) in [5.41, 5.74) is 2.08. The summed E-state index contributed by atoms with van der Waals surface area (Å²) in [4.78, 5) is 43.7. The zero-order valence-corrected chi connectivity index (χ0v) is 26.4. The van der Waals surface area contributed by atoms with E-state index in [0.29, 0.717) is 50.5 Å². The first-order valence-electron chi connectivity index (χ1n) is 14.3. The van der Waals surface area contributed by atoms with Crippen molar-refractivity contribution in [1.29, 1.82) is 5.26 Å². The molecule has 6 aromatic rings. The smallest absolute Gasteiger partial charge is 0.274 e. The summed E-state index contributed by atoms with van der Waals surface area (Å²) >= 11 is 6.10. The summed E-state index contributed by atoms with van der Waals surface area (Å²) in [6.45, 7) is 0. The fraction of sp³-hybridized carbons (Fsp3) is 0. The number of nitrogens with one attached hydrogen (secondary N) is 2. The zero-order chi connectivity index (χ0) is 35.3. The van der Waals surface area contributed by atoms with E-state index in [1.807, 2.05) is 6.07 Å². The molecule has 0 unspecified atom stereocenters. The van der Waals surface area contributed by atoms with Gasteiger partial charge in [0, 0.05) is 51.9 Å². The van der Waals surface area contributed by atoms with Gasteiger partial charge in [-0.05, 0) is 48.5 Å². The number of terminal acetylenes is 1. The summed E-state index contributed by atoms with van der Waals surface area (Å²) in [5, 5.41) is 14.9. The van der Waals surface area contributed by atoms with Gasteiger partial charge in [0.05, 0.1) is 36.4 Å². The number of hydrogen-bond acceptors (Lipinski definition) is 10. The molecule has 50 heavy (non-hydrogen) atoms. The number of carbonyl (C=O) groups is 2. The molecule has 0 radical (unpaired) electrons. The lowest BCUT2D eigenvalue weighted by atomic mass is 10.1. The Labute approximate surface area is 289 Å². The highest BCUT2D eigenvalue weighted by Gasteiger charge is 2.12. The number of aromatic nitrogens is 5. The first kappa shape index (κ1) is 34.1. The Bertz CT molecular complexity index is 2230. The molecule has 0 aliphatic rings. The van der Waals surface area contributed by atoms with E-state index in [4.69, 9.17) is 32.8 Å². The summed E-state index contributed by atoms with van der Waals surface area (Å²) in [6, 6.07) is 20.3. The average molecular weight is 685 g/mol. The second-order valence-electron chi connectivity index (χ2n) is 9.88. The van der Waals surface area contributed by atoms with E-state index < -0.39 is 11.7 Å². The first-order chi connectivity index (χ1) is 24.3. The number of amides is 2. The van der Waals surface area contributed by atoms with Crippen molar-refractivity contribution < 1.29 is 23.5 Å². The summed E-state index contributed by atoms with van der Waals surface area (Å²) < 4.78 is 24.4.